The number of rotatable bonds is 4. The number of amidine groups is 1. The first kappa shape index (κ1) is 36.2. The van der Waals surface area contributed by atoms with Gasteiger partial charge in [-0.15, -0.1) is 0 Å². The molecule has 1 atom stereocenters. The molecular weight excluding hydrogens is 649 g/mol. The summed E-state index contributed by atoms with van der Waals surface area (Å²) in [6.07, 6.45) is -1.20. The number of benzene rings is 1. The highest BCUT2D eigenvalue weighted by molar-refractivity contribution is 7.93. The summed E-state index contributed by atoms with van der Waals surface area (Å²) >= 11 is 0. The number of methoxy groups -OCH3 is 1. The first-order chi connectivity index (χ1) is 22.0. The quantitative estimate of drug-likeness (QED) is 0.488. The second-order valence-corrected chi connectivity index (χ2v) is 16.2. The third-order valence-corrected chi connectivity index (χ3v) is 10.1. The maximum Gasteiger partial charge on any atom is 0.425 e. The Balaban J connectivity index is 1.88. The molecule has 2 aliphatic rings. The molecule has 2 aliphatic heterocycles. The van der Waals surface area contributed by atoms with E-state index in [9.17, 15) is 27.6 Å². The van der Waals surface area contributed by atoms with Crippen molar-refractivity contribution in [2.45, 2.75) is 76.9 Å². The van der Waals surface area contributed by atoms with E-state index in [1.165, 1.54) is 56.3 Å². The number of hydrogen-bond acceptors (Lipinski definition) is 11. The van der Waals surface area contributed by atoms with Gasteiger partial charge < -0.3 is 24.4 Å². The van der Waals surface area contributed by atoms with E-state index in [0.717, 1.165) is 6.07 Å². The lowest BCUT2D eigenvalue weighted by atomic mass is 9.90. The van der Waals surface area contributed by atoms with Crippen molar-refractivity contribution in [3.63, 3.8) is 0 Å². The van der Waals surface area contributed by atoms with Crippen molar-refractivity contribution in [1.29, 1.82) is 0 Å². The second-order valence-electron chi connectivity index (χ2n) is 13.9. The standard InChI is InChI=1S/C32H40FN5O9S/c1-19(39)37-16-32(17-37)26(38(27(41)46-29(2,3)4)28(42)47-30(5,6)7)36-31(8,18-48(32,43)44)22-14-20(10-12-23(22)33)35-25(40)24-13-11-21(45-9)15-34-24/h10-15H,16-18H2,1-9H3,(H,35,40). The monoisotopic (exact) mass is 689 g/mol. The van der Waals surface area contributed by atoms with Crippen LogP contribution in [0.15, 0.2) is 41.5 Å². The minimum absolute atomic E-state index is 0.0285. The molecular formula is C32H40FN5O9S. The third kappa shape index (κ3) is 7.27. The minimum Gasteiger partial charge on any atom is -0.495 e. The predicted octanol–water partition coefficient (Wildman–Crippen LogP) is 4.30. The molecule has 0 radical (unpaired) electrons. The summed E-state index contributed by atoms with van der Waals surface area (Å²) in [4.78, 5) is 62.9. The number of imide groups is 1. The van der Waals surface area contributed by atoms with E-state index in [-0.39, 0.29) is 16.9 Å². The van der Waals surface area contributed by atoms with Crippen LogP contribution in [0.5, 0.6) is 5.75 Å². The molecule has 260 valence electrons. The first-order valence-corrected chi connectivity index (χ1v) is 16.6. The lowest BCUT2D eigenvalue weighted by Crippen LogP contribution is -2.77. The van der Waals surface area contributed by atoms with Crippen molar-refractivity contribution < 1.29 is 46.2 Å². The van der Waals surface area contributed by atoms with Crippen molar-refractivity contribution in [3.05, 3.63) is 53.6 Å². The second kappa shape index (κ2) is 12.5. The van der Waals surface area contributed by atoms with Crippen molar-refractivity contribution in [2.75, 3.05) is 31.3 Å². The van der Waals surface area contributed by atoms with Gasteiger partial charge in [0.15, 0.2) is 14.6 Å². The number of nitrogens with zero attached hydrogens (tertiary/aromatic N) is 4. The fourth-order valence-corrected chi connectivity index (χ4v) is 7.60. The molecule has 14 nitrogen and oxygen atoms in total. The number of anilines is 1. The van der Waals surface area contributed by atoms with Gasteiger partial charge in [0.1, 0.15) is 39.8 Å². The molecule has 0 bridgehead atoms. The Hall–Kier alpha value is -4.60. The number of aliphatic imine (C=N–C) groups is 1. The average Bonchev–Trinajstić information content (AvgIpc) is 2.90. The van der Waals surface area contributed by atoms with E-state index in [4.69, 9.17) is 14.2 Å². The summed E-state index contributed by atoms with van der Waals surface area (Å²) in [6, 6.07) is 6.49. The number of amides is 4. The summed E-state index contributed by atoms with van der Waals surface area (Å²) in [6.45, 7) is 11.0. The Morgan fingerprint density at radius 1 is 0.979 bits per heavy atom. The molecule has 1 N–H and O–H groups in total. The van der Waals surface area contributed by atoms with Crippen molar-refractivity contribution in [1.82, 2.24) is 14.8 Å². The molecule has 1 fully saturated rings. The zero-order valence-corrected chi connectivity index (χ0v) is 29.2. The number of carbonyl (C=O) groups is 4. The lowest BCUT2D eigenvalue weighted by Gasteiger charge is -2.53. The van der Waals surface area contributed by atoms with Crippen LogP contribution in [0.1, 0.15) is 71.4 Å². The number of pyridine rings is 1. The predicted molar refractivity (Wildman–Crippen MR) is 173 cm³/mol. The molecule has 1 spiro atoms. The molecule has 1 saturated heterocycles. The van der Waals surface area contributed by atoms with Gasteiger partial charge in [0.2, 0.25) is 5.91 Å². The van der Waals surface area contributed by atoms with Gasteiger partial charge in [-0.3, -0.25) is 14.6 Å². The lowest BCUT2D eigenvalue weighted by molar-refractivity contribution is -0.132. The Kier molecular flexibility index (Phi) is 9.40. The van der Waals surface area contributed by atoms with Crippen LogP contribution in [0.3, 0.4) is 0 Å². The third-order valence-electron chi connectivity index (χ3n) is 7.54. The van der Waals surface area contributed by atoms with Crippen LogP contribution in [-0.4, -0.2) is 94.9 Å². The maximum atomic E-state index is 15.7. The number of sulfone groups is 1. The fraction of sp³-hybridized carbons (Fsp3) is 0.500. The molecule has 0 aliphatic carbocycles. The SMILES string of the molecule is COc1ccc(C(=O)Nc2ccc(F)c(C3(C)CS(=O)(=O)C4(CN(C(C)=O)C4)C(N(C(=O)OC(C)(C)C)C(=O)OC(C)(C)C)=N3)c2)nc1. The highest BCUT2D eigenvalue weighted by Crippen LogP contribution is 2.45. The fourth-order valence-electron chi connectivity index (χ4n) is 5.25. The largest absolute Gasteiger partial charge is 0.495 e. The van der Waals surface area contributed by atoms with E-state index in [0.29, 0.717) is 10.6 Å². The topological polar surface area (TPSA) is 174 Å². The van der Waals surface area contributed by atoms with Crippen LogP contribution in [0.4, 0.5) is 19.7 Å². The molecule has 1 aromatic carbocycles. The Morgan fingerprint density at radius 3 is 2.04 bits per heavy atom. The first-order valence-electron chi connectivity index (χ1n) is 15.0. The van der Waals surface area contributed by atoms with Gasteiger partial charge in [-0.05, 0) is 78.8 Å². The van der Waals surface area contributed by atoms with E-state index in [2.05, 4.69) is 15.3 Å². The van der Waals surface area contributed by atoms with Crippen LogP contribution in [0, 0.1) is 5.82 Å². The van der Waals surface area contributed by atoms with Gasteiger partial charge >= 0.3 is 12.2 Å². The zero-order chi connectivity index (χ0) is 36.0. The van der Waals surface area contributed by atoms with Gasteiger partial charge in [0.05, 0.1) is 19.1 Å². The smallest absolute Gasteiger partial charge is 0.425 e. The summed E-state index contributed by atoms with van der Waals surface area (Å²) in [5.74, 6) is -2.86. The van der Waals surface area contributed by atoms with Crippen molar-refractivity contribution in [2.24, 2.45) is 4.99 Å². The van der Waals surface area contributed by atoms with Gasteiger partial charge in [-0.25, -0.2) is 27.4 Å². The van der Waals surface area contributed by atoms with Crippen LogP contribution in [-0.2, 0) is 29.6 Å². The molecule has 2 aromatic rings. The molecule has 3 heterocycles. The van der Waals surface area contributed by atoms with Gasteiger partial charge in [-0.2, -0.15) is 4.90 Å². The van der Waals surface area contributed by atoms with E-state index in [1.54, 1.807) is 41.5 Å². The number of likely N-dealkylation sites (tertiary alicyclic amines) is 1. The zero-order valence-electron chi connectivity index (χ0n) is 28.3. The Bertz CT molecular complexity index is 1750. The van der Waals surface area contributed by atoms with E-state index >= 15 is 4.39 Å². The number of hydrogen-bond donors (Lipinski definition) is 1. The van der Waals surface area contributed by atoms with Crippen molar-refractivity contribution in [3.8, 4) is 5.75 Å². The van der Waals surface area contributed by atoms with Gasteiger partial charge in [0, 0.05) is 31.3 Å². The molecule has 4 amide bonds. The molecule has 16 heteroatoms. The molecule has 4 rings (SSSR count). The van der Waals surface area contributed by atoms with E-state index < -0.39 is 85.8 Å². The number of nitrogens with one attached hydrogen (secondary N) is 1. The van der Waals surface area contributed by atoms with Crippen molar-refractivity contribution >= 4 is 45.4 Å². The summed E-state index contributed by atoms with van der Waals surface area (Å²) in [5.41, 5.74) is -4.35. The van der Waals surface area contributed by atoms with Gasteiger partial charge in [-0.1, -0.05) is 0 Å². The number of ether oxygens (including phenoxy) is 3. The van der Waals surface area contributed by atoms with Crippen LogP contribution in [0.2, 0.25) is 0 Å². The Morgan fingerprint density at radius 2 is 1.56 bits per heavy atom. The normalized spacial score (nSPS) is 19.8. The molecule has 0 saturated carbocycles. The van der Waals surface area contributed by atoms with Crippen LogP contribution in [0.25, 0.3) is 0 Å². The molecule has 48 heavy (non-hydrogen) atoms. The number of aromatic nitrogens is 1. The maximum absolute atomic E-state index is 15.7. The minimum atomic E-state index is -4.42. The number of carbonyl (C=O) groups excluding carboxylic acids is 4. The average molecular weight is 690 g/mol. The van der Waals surface area contributed by atoms with E-state index in [1.807, 2.05) is 0 Å². The highest BCUT2D eigenvalue weighted by atomic mass is 32.2. The molecule has 1 aromatic heterocycles. The summed E-state index contributed by atoms with van der Waals surface area (Å²) in [5, 5.41) is 2.61. The van der Waals surface area contributed by atoms with Crippen LogP contribution >= 0.6 is 0 Å². The Labute approximate surface area is 278 Å². The summed E-state index contributed by atoms with van der Waals surface area (Å²) in [7, 11) is -2.97. The highest BCUT2D eigenvalue weighted by Gasteiger charge is 2.65. The molecule has 1 unspecified atom stereocenters. The summed E-state index contributed by atoms with van der Waals surface area (Å²) < 4.78 is 58.4. The van der Waals surface area contributed by atoms with Gasteiger partial charge in [0.25, 0.3) is 5.91 Å². The number of halogens is 1. The van der Waals surface area contributed by atoms with Crippen LogP contribution < -0.4 is 10.1 Å².